The molecule has 3 aromatic carbocycles. The number of piperazine rings is 1. The number of likely N-dealkylation sites (N-methyl/N-ethyl adjacent to an activating group) is 1. The van der Waals surface area contributed by atoms with E-state index < -0.39 is 0 Å². The van der Waals surface area contributed by atoms with Crippen LogP contribution in [0.2, 0.25) is 0 Å². The lowest BCUT2D eigenvalue weighted by Gasteiger charge is -2.35. The molecule has 3 aliphatic heterocycles. The number of phenols is 1. The molecule has 2 bridgehead atoms. The van der Waals surface area contributed by atoms with Gasteiger partial charge < -0.3 is 25.1 Å². The molecule has 3 fully saturated rings. The maximum atomic E-state index is 16.6. The number of benzene rings is 3. The van der Waals surface area contributed by atoms with E-state index in [1.54, 1.807) is 12.1 Å². The monoisotopic (exact) mass is 512 g/mol. The van der Waals surface area contributed by atoms with Crippen molar-refractivity contribution in [2.75, 3.05) is 50.1 Å². The first-order chi connectivity index (χ1) is 18.4. The molecular weight excluding hydrogens is 479 g/mol. The minimum atomic E-state index is -0.371. The van der Waals surface area contributed by atoms with E-state index in [1.165, 1.54) is 0 Å². The van der Waals surface area contributed by atoms with Gasteiger partial charge in [-0.05, 0) is 67.9 Å². The minimum Gasteiger partial charge on any atom is -0.508 e. The molecule has 3 saturated heterocycles. The second kappa shape index (κ2) is 9.06. The van der Waals surface area contributed by atoms with Gasteiger partial charge in [0.15, 0.2) is 5.82 Å². The zero-order valence-electron chi connectivity index (χ0n) is 21.9. The van der Waals surface area contributed by atoms with Crippen molar-refractivity contribution in [1.82, 2.24) is 20.2 Å². The van der Waals surface area contributed by atoms with Crippen molar-refractivity contribution in [2.24, 2.45) is 0 Å². The maximum Gasteiger partial charge on any atom is 0.228 e. The summed E-state index contributed by atoms with van der Waals surface area (Å²) in [6.45, 7) is 3.40. The molecule has 38 heavy (non-hydrogen) atoms. The maximum absolute atomic E-state index is 16.6. The Morgan fingerprint density at radius 1 is 0.895 bits per heavy atom. The van der Waals surface area contributed by atoms with Crippen molar-refractivity contribution in [3.8, 4) is 16.9 Å². The molecule has 4 heterocycles. The van der Waals surface area contributed by atoms with Gasteiger partial charge in [-0.25, -0.2) is 9.37 Å². The molecular formula is C30H33FN6O. The Bertz CT molecular complexity index is 1530. The lowest BCUT2D eigenvalue weighted by Crippen LogP contribution is -2.51. The molecule has 3 aliphatic rings. The zero-order valence-corrected chi connectivity index (χ0v) is 21.9. The summed E-state index contributed by atoms with van der Waals surface area (Å²) in [4.78, 5) is 16.7. The highest BCUT2D eigenvalue weighted by Gasteiger charge is 2.35. The van der Waals surface area contributed by atoms with Gasteiger partial charge in [0.1, 0.15) is 17.1 Å². The van der Waals surface area contributed by atoms with Crippen LogP contribution in [0.4, 0.5) is 16.2 Å². The molecule has 0 spiro atoms. The van der Waals surface area contributed by atoms with Crippen LogP contribution in [0.25, 0.3) is 32.8 Å². The van der Waals surface area contributed by atoms with Crippen LogP contribution >= 0.6 is 0 Å². The van der Waals surface area contributed by atoms with Gasteiger partial charge in [0.25, 0.3) is 0 Å². The Hall–Kier alpha value is -3.49. The Kier molecular flexibility index (Phi) is 5.63. The number of halogens is 1. The fraction of sp³-hybridized carbons (Fsp3) is 0.400. The van der Waals surface area contributed by atoms with Gasteiger partial charge in [-0.15, -0.1) is 0 Å². The molecule has 7 rings (SSSR count). The Morgan fingerprint density at radius 3 is 2.45 bits per heavy atom. The standard InChI is InChI=1S/C30H33FN6O/c1-35(2)21-11-12-36(17-21)30-33-28-25(29(34-30)37-15-19-7-8-20(16-37)32-19)10-9-24(27(28)31)26-14-22(38)13-18-5-3-4-6-23(18)26/h3-6,9-10,13-14,19-21,32,38H,7-8,11-12,15-17H2,1-2H3/t19-,20+,21?. The SMILES string of the molecule is CN(C)C1CCN(c2nc(N3C[C@H]4CC[C@@H](C3)N4)c3ccc(-c4cc(O)cc5ccccc45)c(F)c3n2)C1. The number of hydrogen-bond acceptors (Lipinski definition) is 7. The lowest BCUT2D eigenvalue weighted by atomic mass is 9.96. The third-order valence-electron chi connectivity index (χ3n) is 8.60. The number of nitrogens with one attached hydrogen (secondary N) is 1. The summed E-state index contributed by atoms with van der Waals surface area (Å²) in [5.74, 6) is 1.16. The molecule has 1 unspecified atom stereocenters. The third kappa shape index (κ3) is 3.94. The van der Waals surface area contributed by atoms with E-state index in [4.69, 9.17) is 9.97 Å². The molecule has 0 aliphatic carbocycles. The Balaban J connectivity index is 1.40. The van der Waals surface area contributed by atoms with Crippen molar-refractivity contribution < 1.29 is 9.50 Å². The third-order valence-corrected chi connectivity index (χ3v) is 8.60. The van der Waals surface area contributed by atoms with E-state index in [0.717, 1.165) is 67.4 Å². The van der Waals surface area contributed by atoms with E-state index in [-0.39, 0.29) is 11.6 Å². The zero-order chi connectivity index (χ0) is 26.0. The predicted octanol–water partition coefficient (Wildman–Crippen LogP) is 4.38. The van der Waals surface area contributed by atoms with Gasteiger partial charge >= 0.3 is 0 Å². The van der Waals surface area contributed by atoms with Crippen LogP contribution in [0.3, 0.4) is 0 Å². The lowest BCUT2D eigenvalue weighted by molar-refractivity contribution is 0.315. The van der Waals surface area contributed by atoms with Crippen molar-refractivity contribution in [1.29, 1.82) is 0 Å². The van der Waals surface area contributed by atoms with Crippen LogP contribution in [0.5, 0.6) is 5.75 Å². The van der Waals surface area contributed by atoms with Crippen LogP contribution in [-0.2, 0) is 0 Å². The van der Waals surface area contributed by atoms with Crippen molar-refractivity contribution in [3.05, 3.63) is 54.3 Å². The van der Waals surface area contributed by atoms with Crippen molar-refractivity contribution in [3.63, 3.8) is 0 Å². The number of anilines is 2. The summed E-state index contributed by atoms with van der Waals surface area (Å²) in [7, 11) is 4.20. The van der Waals surface area contributed by atoms with Crippen LogP contribution in [0, 0.1) is 5.82 Å². The molecule has 3 atom stereocenters. The van der Waals surface area contributed by atoms with Gasteiger partial charge in [-0.3, -0.25) is 0 Å². The number of phenolic OH excluding ortho intramolecular Hbond substituents is 1. The Labute approximate surface area is 221 Å². The fourth-order valence-corrected chi connectivity index (χ4v) is 6.56. The highest BCUT2D eigenvalue weighted by atomic mass is 19.1. The second-order valence-corrected chi connectivity index (χ2v) is 11.3. The normalized spacial score (nSPS) is 23.3. The van der Waals surface area contributed by atoms with E-state index in [9.17, 15) is 5.11 Å². The van der Waals surface area contributed by atoms with Crippen molar-refractivity contribution >= 4 is 33.4 Å². The molecule has 7 nitrogen and oxygen atoms in total. The summed E-state index contributed by atoms with van der Waals surface area (Å²) >= 11 is 0. The first-order valence-electron chi connectivity index (χ1n) is 13.6. The van der Waals surface area contributed by atoms with E-state index in [1.807, 2.05) is 36.4 Å². The van der Waals surface area contributed by atoms with Crippen LogP contribution in [0.15, 0.2) is 48.5 Å². The number of rotatable bonds is 4. The van der Waals surface area contributed by atoms with E-state index >= 15 is 4.39 Å². The first-order valence-corrected chi connectivity index (χ1v) is 13.6. The fourth-order valence-electron chi connectivity index (χ4n) is 6.56. The molecule has 0 amide bonds. The van der Waals surface area contributed by atoms with Gasteiger partial charge in [-0.2, -0.15) is 4.98 Å². The second-order valence-electron chi connectivity index (χ2n) is 11.3. The minimum absolute atomic E-state index is 0.116. The van der Waals surface area contributed by atoms with E-state index in [2.05, 4.69) is 34.1 Å². The summed E-state index contributed by atoms with van der Waals surface area (Å²) < 4.78 is 16.6. The molecule has 196 valence electrons. The van der Waals surface area contributed by atoms with E-state index in [0.29, 0.717) is 40.7 Å². The molecule has 4 aromatic rings. The number of aromatic nitrogens is 2. The summed E-state index contributed by atoms with van der Waals surface area (Å²) in [5, 5.41) is 16.6. The topological polar surface area (TPSA) is 67.8 Å². The Morgan fingerprint density at radius 2 is 1.68 bits per heavy atom. The number of aromatic hydroxyl groups is 1. The summed E-state index contributed by atoms with van der Waals surface area (Å²) in [5.41, 5.74) is 1.44. The molecule has 0 radical (unpaired) electrons. The van der Waals surface area contributed by atoms with Gasteiger partial charge in [-0.1, -0.05) is 30.3 Å². The average Bonchev–Trinajstić information content (AvgIpc) is 3.54. The van der Waals surface area contributed by atoms with Gasteiger partial charge in [0.05, 0.1) is 0 Å². The van der Waals surface area contributed by atoms with Gasteiger partial charge in [0, 0.05) is 55.3 Å². The van der Waals surface area contributed by atoms with Crippen LogP contribution < -0.4 is 15.1 Å². The predicted molar refractivity (Wildman–Crippen MR) is 151 cm³/mol. The van der Waals surface area contributed by atoms with Crippen LogP contribution in [-0.4, -0.2) is 78.4 Å². The quantitative estimate of drug-likeness (QED) is 0.421. The number of hydrogen-bond donors (Lipinski definition) is 2. The highest BCUT2D eigenvalue weighted by Crippen LogP contribution is 2.39. The number of fused-ring (bicyclic) bond motifs is 4. The smallest absolute Gasteiger partial charge is 0.228 e. The summed E-state index contributed by atoms with van der Waals surface area (Å²) in [6, 6.07) is 16.2. The number of nitrogens with zero attached hydrogens (tertiary/aromatic N) is 5. The molecule has 2 N–H and O–H groups in total. The van der Waals surface area contributed by atoms with Crippen molar-refractivity contribution in [2.45, 2.75) is 37.4 Å². The molecule has 0 saturated carbocycles. The average molecular weight is 513 g/mol. The molecule has 8 heteroatoms. The highest BCUT2D eigenvalue weighted by molar-refractivity contribution is 6.01. The largest absolute Gasteiger partial charge is 0.508 e. The molecule has 1 aromatic heterocycles. The van der Waals surface area contributed by atoms with Gasteiger partial charge in [0.2, 0.25) is 5.95 Å². The van der Waals surface area contributed by atoms with Crippen LogP contribution in [0.1, 0.15) is 19.3 Å². The first kappa shape index (κ1) is 23.6. The summed E-state index contributed by atoms with van der Waals surface area (Å²) in [6.07, 6.45) is 3.35.